The molecule has 0 aliphatic rings. The minimum Gasteiger partial charge on any atom is -0.385 e. The van der Waals surface area contributed by atoms with E-state index >= 15 is 0 Å². The van der Waals surface area contributed by atoms with E-state index in [9.17, 15) is 4.79 Å². The van der Waals surface area contributed by atoms with E-state index in [4.69, 9.17) is 4.74 Å². The van der Waals surface area contributed by atoms with Crippen LogP contribution in [0.15, 0.2) is 42.6 Å². The largest absolute Gasteiger partial charge is 0.385 e. The molecule has 0 saturated heterocycles. The summed E-state index contributed by atoms with van der Waals surface area (Å²) in [4.78, 5) is 16.3. The van der Waals surface area contributed by atoms with Gasteiger partial charge in [0.15, 0.2) is 0 Å². The fraction of sp³-hybridized carbons (Fsp3) is 0.333. The van der Waals surface area contributed by atoms with Crippen LogP contribution in [0, 0.1) is 6.92 Å². The first-order chi connectivity index (χ1) is 11.2. The number of anilines is 2. The number of aryl methyl sites for hydroxylation is 1. The molecule has 5 nitrogen and oxygen atoms in total. The maximum atomic E-state index is 12.0. The molecule has 0 spiro atoms. The molecule has 23 heavy (non-hydrogen) atoms. The quantitative estimate of drug-likeness (QED) is 0.735. The molecule has 1 aromatic heterocycles. The number of amides is 1. The molecule has 0 aliphatic carbocycles. The summed E-state index contributed by atoms with van der Waals surface area (Å²) in [6.45, 7) is 3.57. The average molecular weight is 313 g/mol. The zero-order valence-electron chi connectivity index (χ0n) is 13.6. The second-order valence-corrected chi connectivity index (χ2v) is 5.42. The van der Waals surface area contributed by atoms with Crippen molar-refractivity contribution in [3.63, 3.8) is 0 Å². The molecule has 0 atom stereocenters. The molecule has 1 amide bonds. The molecule has 1 aromatic carbocycles. The number of aromatic nitrogens is 1. The molecule has 0 aliphatic heterocycles. The number of pyridine rings is 1. The molecule has 1 heterocycles. The third-order valence-electron chi connectivity index (χ3n) is 3.33. The Morgan fingerprint density at radius 3 is 2.83 bits per heavy atom. The van der Waals surface area contributed by atoms with Crippen molar-refractivity contribution >= 4 is 17.4 Å². The third-order valence-corrected chi connectivity index (χ3v) is 3.33. The van der Waals surface area contributed by atoms with Crippen molar-refractivity contribution in [2.45, 2.75) is 19.8 Å². The van der Waals surface area contributed by atoms with E-state index in [1.54, 1.807) is 19.4 Å². The lowest BCUT2D eigenvalue weighted by Gasteiger charge is -2.08. The van der Waals surface area contributed by atoms with Crippen molar-refractivity contribution in [3.8, 4) is 0 Å². The molecule has 0 saturated carbocycles. The first kappa shape index (κ1) is 17.0. The van der Waals surface area contributed by atoms with Gasteiger partial charge in [0, 0.05) is 20.3 Å². The molecule has 2 aromatic rings. The first-order valence-corrected chi connectivity index (χ1v) is 7.71. The fourth-order valence-electron chi connectivity index (χ4n) is 2.22. The van der Waals surface area contributed by atoms with Gasteiger partial charge in [-0.25, -0.2) is 4.98 Å². The number of carbonyl (C=O) groups excluding carboxylic acids is 1. The molecule has 0 radical (unpaired) electrons. The third kappa shape index (κ3) is 6.08. The van der Waals surface area contributed by atoms with Crippen LogP contribution in [0.3, 0.4) is 0 Å². The Balaban J connectivity index is 1.81. The Labute approximate surface area is 137 Å². The number of rotatable bonds is 8. The van der Waals surface area contributed by atoms with Crippen molar-refractivity contribution in [3.05, 3.63) is 53.7 Å². The summed E-state index contributed by atoms with van der Waals surface area (Å²) in [5.74, 6) is 0.494. The van der Waals surface area contributed by atoms with Crippen molar-refractivity contribution in [1.29, 1.82) is 0 Å². The number of ether oxygens (including phenoxy) is 1. The predicted molar refractivity (Wildman–Crippen MR) is 92.7 cm³/mol. The van der Waals surface area contributed by atoms with Crippen LogP contribution in [0.5, 0.6) is 0 Å². The van der Waals surface area contributed by atoms with Crippen molar-refractivity contribution in [2.75, 3.05) is 30.9 Å². The maximum absolute atomic E-state index is 12.0. The van der Waals surface area contributed by atoms with Crippen LogP contribution in [0.1, 0.15) is 17.5 Å². The van der Waals surface area contributed by atoms with Crippen LogP contribution < -0.4 is 10.6 Å². The Morgan fingerprint density at radius 1 is 1.26 bits per heavy atom. The van der Waals surface area contributed by atoms with Gasteiger partial charge in [-0.15, -0.1) is 0 Å². The Hall–Kier alpha value is -2.40. The summed E-state index contributed by atoms with van der Waals surface area (Å²) < 4.78 is 5.00. The minimum absolute atomic E-state index is 0.0658. The fourth-order valence-corrected chi connectivity index (χ4v) is 2.22. The van der Waals surface area contributed by atoms with Crippen LogP contribution in [-0.4, -0.2) is 31.2 Å². The normalized spacial score (nSPS) is 10.3. The lowest BCUT2D eigenvalue weighted by molar-refractivity contribution is -0.115. The molecule has 0 unspecified atom stereocenters. The summed E-state index contributed by atoms with van der Waals surface area (Å²) in [5, 5.41) is 6.07. The molecular weight excluding hydrogens is 290 g/mol. The number of benzene rings is 1. The van der Waals surface area contributed by atoms with Gasteiger partial charge < -0.3 is 15.4 Å². The van der Waals surface area contributed by atoms with E-state index in [2.05, 4.69) is 15.6 Å². The zero-order valence-corrected chi connectivity index (χ0v) is 13.6. The molecule has 0 fully saturated rings. The van der Waals surface area contributed by atoms with Gasteiger partial charge in [0.1, 0.15) is 5.82 Å². The highest BCUT2D eigenvalue weighted by molar-refractivity contribution is 5.91. The minimum atomic E-state index is -0.0658. The van der Waals surface area contributed by atoms with E-state index in [1.807, 2.05) is 37.3 Å². The summed E-state index contributed by atoms with van der Waals surface area (Å²) in [5.41, 5.74) is 3.08. The molecule has 2 rings (SSSR count). The van der Waals surface area contributed by atoms with Gasteiger partial charge in [0.25, 0.3) is 0 Å². The molecular formula is C18H23N3O2. The Morgan fingerprint density at radius 2 is 2.13 bits per heavy atom. The summed E-state index contributed by atoms with van der Waals surface area (Å²) in [7, 11) is 1.69. The van der Waals surface area contributed by atoms with E-state index in [-0.39, 0.29) is 5.91 Å². The Kier molecular flexibility index (Phi) is 6.56. The lowest BCUT2D eigenvalue weighted by Crippen LogP contribution is -2.15. The maximum Gasteiger partial charge on any atom is 0.229 e. The van der Waals surface area contributed by atoms with Crippen LogP contribution in [0.25, 0.3) is 0 Å². The van der Waals surface area contributed by atoms with Crippen LogP contribution in [0.2, 0.25) is 0 Å². The highest BCUT2D eigenvalue weighted by atomic mass is 16.5. The summed E-state index contributed by atoms with van der Waals surface area (Å²) >= 11 is 0. The molecule has 0 bridgehead atoms. The number of nitrogens with one attached hydrogen (secondary N) is 2. The van der Waals surface area contributed by atoms with Crippen molar-refractivity contribution < 1.29 is 9.53 Å². The standard InChI is InChI=1S/C18H23N3O2/c1-14-5-3-6-15(11-14)12-18(22)21-17-8-7-16(13-20-17)19-9-4-10-23-2/h3,5-8,11,13,19H,4,9-10,12H2,1-2H3,(H,20,21,22). The van der Waals surface area contributed by atoms with Crippen LogP contribution >= 0.6 is 0 Å². The van der Waals surface area contributed by atoms with E-state index in [0.717, 1.165) is 36.4 Å². The van der Waals surface area contributed by atoms with Gasteiger partial charge in [-0.1, -0.05) is 29.8 Å². The average Bonchev–Trinajstić information content (AvgIpc) is 2.53. The SMILES string of the molecule is COCCCNc1ccc(NC(=O)Cc2cccc(C)c2)nc1. The van der Waals surface area contributed by atoms with Gasteiger partial charge in [-0.3, -0.25) is 4.79 Å². The summed E-state index contributed by atoms with van der Waals surface area (Å²) in [6, 6.07) is 11.6. The van der Waals surface area contributed by atoms with E-state index < -0.39 is 0 Å². The number of methoxy groups -OCH3 is 1. The second-order valence-electron chi connectivity index (χ2n) is 5.42. The summed E-state index contributed by atoms with van der Waals surface area (Å²) in [6.07, 6.45) is 3.00. The van der Waals surface area contributed by atoms with Gasteiger partial charge in [0.05, 0.1) is 18.3 Å². The van der Waals surface area contributed by atoms with Gasteiger partial charge >= 0.3 is 0 Å². The van der Waals surface area contributed by atoms with E-state index in [1.165, 1.54) is 0 Å². The number of nitrogens with zero attached hydrogens (tertiary/aromatic N) is 1. The Bertz CT molecular complexity index is 626. The lowest BCUT2D eigenvalue weighted by atomic mass is 10.1. The monoisotopic (exact) mass is 313 g/mol. The predicted octanol–water partition coefficient (Wildman–Crippen LogP) is 3.02. The van der Waals surface area contributed by atoms with Crippen molar-refractivity contribution in [2.24, 2.45) is 0 Å². The second kappa shape index (κ2) is 8.90. The van der Waals surface area contributed by atoms with Crippen molar-refractivity contribution in [1.82, 2.24) is 4.98 Å². The van der Waals surface area contributed by atoms with Gasteiger partial charge in [-0.2, -0.15) is 0 Å². The van der Waals surface area contributed by atoms with E-state index in [0.29, 0.717) is 12.2 Å². The zero-order chi connectivity index (χ0) is 16.5. The molecule has 5 heteroatoms. The topological polar surface area (TPSA) is 63.2 Å². The van der Waals surface area contributed by atoms with Gasteiger partial charge in [0.2, 0.25) is 5.91 Å². The number of carbonyl (C=O) groups is 1. The molecule has 2 N–H and O–H groups in total. The smallest absolute Gasteiger partial charge is 0.229 e. The highest BCUT2D eigenvalue weighted by Crippen LogP contribution is 2.11. The number of hydrogen-bond donors (Lipinski definition) is 2. The van der Waals surface area contributed by atoms with Gasteiger partial charge in [-0.05, 0) is 31.0 Å². The number of hydrogen-bond acceptors (Lipinski definition) is 4. The van der Waals surface area contributed by atoms with Crippen LogP contribution in [-0.2, 0) is 16.0 Å². The highest BCUT2D eigenvalue weighted by Gasteiger charge is 2.05. The van der Waals surface area contributed by atoms with Crippen LogP contribution in [0.4, 0.5) is 11.5 Å². The first-order valence-electron chi connectivity index (χ1n) is 7.71. The molecule has 122 valence electrons.